The Labute approximate surface area is 151 Å². The average molecular weight is 365 g/mol. The van der Waals surface area contributed by atoms with Crippen molar-refractivity contribution in [3.8, 4) is 5.75 Å². The molecule has 140 valence electrons. The van der Waals surface area contributed by atoms with E-state index in [0.717, 1.165) is 18.9 Å². The number of para-hydroxylation sites is 1. The van der Waals surface area contributed by atoms with Crippen molar-refractivity contribution in [2.75, 3.05) is 11.9 Å². The highest BCUT2D eigenvalue weighted by molar-refractivity contribution is 5.91. The van der Waals surface area contributed by atoms with Crippen molar-refractivity contribution >= 4 is 11.6 Å². The Hall–Kier alpha value is -2.50. The van der Waals surface area contributed by atoms with Gasteiger partial charge in [0.1, 0.15) is 5.75 Å². The summed E-state index contributed by atoms with van der Waals surface area (Å²) < 4.78 is 44.3. The summed E-state index contributed by atoms with van der Waals surface area (Å²) in [5.74, 6) is 0.247. The van der Waals surface area contributed by atoms with Crippen LogP contribution in [0.5, 0.6) is 5.75 Å². The van der Waals surface area contributed by atoms with Crippen LogP contribution in [0.25, 0.3) is 0 Å². The third-order valence-electron chi connectivity index (χ3n) is 3.79. The van der Waals surface area contributed by atoms with Gasteiger partial charge in [0.15, 0.2) is 0 Å². The lowest BCUT2D eigenvalue weighted by Gasteiger charge is -2.13. The van der Waals surface area contributed by atoms with Gasteiger partial charge in [-0.2, -0.15) is 13.2 Å². The lowest BCUT2D eigenvalue weighted by molar-refractivity contribution is -0.137. The zero-order valence-corrected chi connectivity index (χ0v) is 14.6. The molecule has 26 heavy (non-hydrogen) atoms. The first kappa shape index (κ1) is 19.8. The summed E-state index contributed by atoms with van der Waals surface area (Å²) >= 11 is 0. The quantitative estimate of drug-likeness (QED) is 0.631. The van der Waals surface area contributed by atoms with E-state index in [2.05, 4.69) is 12.2 Å². The molecule has 0 heterocycles. The molecule has 0 saturated carbocycles. The van der Waals surface area contributed by atoms with E-state index in [-0.39, 0.29) is 12.1 Å². The van der Waals surface area contributed by atoms with Crippen LogP contribution in [0.3, 0.4) is 0 Å². The maximum absolute atomic E-state index is 12.9. The fourth-order valence-electron chi connectivity index (χ4n) is 2.52. The highest BCUT2D eigenvalue weighted by Crippen LogP contribution is 2.34. The first-order valence-electron chi connectivity index (χ1n) is 8.58. The molecule has 3 nitrogen and oxygen atoms in total. The lowest BCUT2D eigenvalue weighted by Crippen LogP contribution is -2.17. The molecule has 0 radical (unpaired) electrons. The first-order valence-corrected chi connectivity index (χ1v) is 8.58. The second-order valence-corrected chi connectivity index (χ2v) is 5.94. The van der Waals surface area contributed by atoms with Crippen LogP contribution in [0.4, 0.5) is 18.9 Å². The third-order valence-corrected chi connectivity index (χ3v) is 3.79. The number of amides is 1. The van der Waals surface area contributed by atoms with E-state index in [1.807, 2.05) is 24.3 Å². The van der Waals surface area contributed by atoms with E-state index in [1.165, 1.54) is 23.8 Å². The third kappa shape index (κ3) is 6.10. The van der Waals surface area contributed by atoms with Gasteiger partial charge >= 0.3 is 6.18 Å². The predicted molar refractivity (Wildman–Crippen MR) is 95.2 cm³/mol. The van der Waals surface area contributed by atoms with Crippen LogP contribution >= 0.6 is 0 Å². The molecule has 0 aromatic heterocycles. The zero-order chi connectivity index (χ0) is 19.0. The Kier molecular flexibility index (Phi) is 7.06. The van der Waals surface area contributed by atoms with E-state index in [4.69, 9.17) is 4.74 Å². The number of anilines is 1. The fraction of sp³-hybridized carbons (Fsp3) is 0.350. The molecular weight excluding hydrogens is 343 g/mol. The molecule has 2 aromatic carbocycles. The number of alkyl halides is 3. The highest BCUT2D eigenvalue weighted by Gasteiger charge is 2.33. The number of rotatable bonds is 8. The van der Waals surface area contributed by atoms with Gasteiger partial charge in [-0.15, -0.1) is 0 Å². The number of carbonyl (C=O) groups is 1. The second-order valence-electron chi connectivity index (χ2n) is 5.94. The van der Waals surface area contributed by atoms with E-state index in [9.17, 15) is 18.0 Å². The molecule has 1 N–H and O–H groups in total. The fourth-order valence-corrected chi connectivity index (χ4v) is 2.52. The summed E-state index contributed by atoms with van der Waals surface area (Å²) in [6.45, 7) is 2.43. The number of halogens is 3. The van der Waals surface area contributed by atoms with Crippen LogP contribution in [0.1, 0.15) is 37.3 Å². The summed E-state index contributed by atoms with van der Waals surface area (Å²) in [5, 5.41) is 2.32. The Morgan fingerprint density at radius 3 is 2.42 bits per heavy atom. The van der Waals surface area contributed by atoms with E-state index >= 15 is 0 Å². The van der Waals surface area contributed by atoms with E-state index < -0.39 is 17.6 Å². The van der Waals surface area contributed by atoms with Gasteiger partial charge < -0.3 is 10.1 Å². The molecule has 2 rings (SSSR count). The van der Waals surface area contributed by atoms with Crippen LogP contribution in [-0.2, 0) is 17.4 Å². The zero-order valence-electron chi connectivity index (χ0n) is 14.6. The molecular formula is C20H22F3NO2. The van der Waals surface area contributed by atoms with Crippen LogP contribution in [-0.4, -0.2) is 12.5 Å². The highest BCUT2D eigenvalue weighted by atomic mass is 19.4. The van der Waals surface area contributed by atoms with E-state index in [0.29, 0.717) is 18.8 Å². The van der Waals surface area contributed by atoms with Gasteiger partial charge in [-0.3, -0.25) is 4.79 Å². The molecule has 0 fully saturated rings. The summed E-state index contributed by atoms with van der Waals surface area (Å²) in [5.41, 5.74) is 0.164. The Bertz CT molecular complexity index is 712. The van der Waals surface area contributed by atoms with Gasteiger partial charge in [-0.1, -0.05) is 37.6 Å². The summed E-state index contributed by atoms with van der Waals surface area (Å²) in [4.78, 5) is 11.9. The number of hydrogen-bond donors (Lipinski definition) is 1. The predicted octanol–water partition coefficient (Wildman–Crippen LogP) is 5.46. The average Bonchev–Trinajstić information content (AvgIpc) is 2.60. The number of ether oxygens (including phenoxy) is 1. The minimum absolute atomic E-state index is 0.0834. The van der Waals surface area contributed by atoms with E-state index in [1.54, 1.807) is 0 Å². The van der Waals surface area contributed by atoms with Crippen molar-refractivity contribution in [3.63, 3.8) is 0 Å². The Morgan fingerprint density at radius 1 is 1.08 bits per heavy atom. The summed E-state index contributed by atoms with van der Waals surface area (Å²) in [6.07, 6.45) is -1.92. The van der Waals surface area contributed by atoms with Gasteiger partial charge in [0, 0.05) is 6.42 Å². The van der Waals surface area contributed by atoms with Crippen LogP contribution in [0.15, 0.2) is 48.5 Å². The van der Waals surface area contributed by atoms with Crippen LogP contribution in [0, 0.1) is 0 Å². The summed E-state index contributed by atoms with van der Waals surface area (Å²) in [7, 11) is 0. The molecule has 0 spiro atoms. The van der Waals surface area contributed by atoms with Crippen molar-refractivity contribution in [3.05, 3.63) is 59.7 Å². The van der Waals surface area contributed by atoms with Crippen LogP contribution in [0.2, 0.25) is 0 Å². The van der Waals surface area contributed by atoms with Crippen molar-refractivity contribution in [1.82, 2.24) is 0 Å². The van der Waals surface area contributed by atoms with Crippen molar-refractivity contribution in [2.45, 2.75) is 38.8 Å². The minimum atomic E-state index is -4.50. The molecule has 0 atom stereocenters. The molecule has 1 amide bonds. The molecule has 0 bridgehead atoms. The Balaban J connectivity index is 1.77. The largest absolute Gasteiger partial charge is 0.494 e. The summed E-state index contributed by atoms with van der Waals surface area (Å²) in [6, 6.07) is 12.7. The molecule has 0 aliphatic carbocycles. The number of carbonyl (C=O) groups excluding carboxylic acids is 1. The molecule has 0 unspecified atom stereocenters. The van der Waals surface area contributed by atoms with Crippen molar-refractivity contribution in [1.29, 1.82) is 0 Å². The van der Waals surface area contributed by atoms with Crippen molar-refractivity contribution < 1.29 is 22.7 Å². The number of hydrogen-bond acceptors (Lipinski definition) is 2. The molecule has 0 aliphatic heterocycles. The molecule has 0 aliphatic rings. The number of nitrogens with one attached hydrogen (secondary N) is 1. The maximum atomic E-state index is 12.9. The SMILES string of the molecule is CCCc1ccc(OCCCC(=O)Nc2ccccc2C(F)(F)F)cc1. The molecule has 0 saturated heterocycles. The maximum Gasteiger partial charge on any atom is 0.418 e. The standard InChI is InChI=1S/C20H22F3NO2/c1-2-6-15-10-12-16(13-11-15)26-14-5-9-19(25)24-18-8-4-3-7-17(18)20(21,22)23/h3-4,7-8,10-13H,2,5-6,9,14H2,1H3,(H,24,25). The normalized spacial score (nSPS) is 11.2. The van der Waals surface area contributed by atoms with Crippen LogP contribution < -0.4 is 10.1 Å². The number of benzene rings is 2. The van der Waals surface area contributed by atoms with Gasteiger partial charge in [0.2, 0.25) is 5.91 Å². The smallest absolute Gasteiger partial charge is 0.418 e. The minimum Gasteiger partial charge on any atom is -0.494 e. The monoisotopic (exact) mass is 365 g/mol. The molecule has 6 heteroatoms. The number of aryl methyl sites for hydroxylation is 1. The van der Waals surface area contributed by atoms with Gasteiger partial charge in [0.05, 0.1) is 17.9 Å². The van der Waals surface area contributed by atoms with Gasteiger partial charge in [-0.05, 0) is 42.7 Å². The molecule has 2 aromatic rings. The second kappa shape index (κ2) is 9.27. The van der Waals surface area contributed by atoms with Crippen molar-refractivity contribution in [2.24, 2.45) is 0 Å². The topological polar surface area (TPSA) is 38.3 Å². The Morgan fingerprint density at radius 2 is 1.77 bits per heavy atom. The van der Waals surface area contributed by atoms with Gasteiger partial charge in [0.25, 0.3) is 0 Å². The lowest BCUT2D eigenvalue weighted by atomic mass is 10.1. The first-order chi connectivity index (χ1) is 12.4. The van der Waals surface area contributed by atoms with Gasteiger partial charge in [-0.25, -0.2) is 0 Å².